The van der Waals surface area contributed by atoms with Crippen molar-refractivity contribution in [1.29, 1.82) is 0 Å². The fourth-order valence-corrected chi connectivity index (χ4v) is 1.70. The summed E-state index contributed by atoms with van der Waals surface area (Å²) in [6.45, 7) is 6.03. The van der Waals surface area contributed by atoms with Gasteiger partial charge in [0.2, 0.25) is 0 Å². The average molecular weight is 356 g/mol. The van der Waals surface area contributed by atoms with Gasteiger partial charge < -0.3 is 4.74 Å². The minimum Gasteiger partial charge on any atom is -0.488 e. The third kappa shape index (κ3) is 4.75. The summed E-state index contributed by atoms with van der Waals surface area (Å²) in [6.07, 6.45) is 0. The van der Waals surface area contributed by atoms with Crippen molar-refractivity contribution in [3.8, 4) is 5.75 Å². The maximum atomic E-state index is 6.08. The highest BCUT2D eigenvalue weighted by molar-refractivity contribution is 9.25. The molecule has 1 aromatic rings. The van der Waals surface area contributed by atoms with Gasteiger partial charge in [0.1, 0.15) is 11.4 Å². The number of alkyl halides is 3. The van der Waals surface area contributed by atoms with Crippen LogP contribution >= 0.6 is 43.5 Å². The first-order valence-corrected chi connectivity index (χ1v) is 6.51. The molecule has 0 aliphatic carbocycles. The number of benzene rings is 1. The lowest BCUT2D eigenvalue weighted by Crippen LogP contribution is -2.23. The summed E-state index contributed by atoms with van der Waals surface area (Å²) in [7, 11) is 0. The Hall–Kier alpha value is 0.270. The maximum Gasteiger partial charge on any atom is 0.178 e. The third-order valence-corrected chi connectivity index (χ3v) is 2.72. The topological polar surface area (TPSA) is 9.23 Å². The van der Waals surface area contributed by atoms with Crippen LogP contribution in [0, 0.1) is 0 Å². The van der Waals surface area contributed by atoms with Gasteiger partial charge in [0, 0.05) is 0 Å². The molecule has 0 atom stereocenters. The van der Waals surface area contributed by atoms with Gasteiger partial charge in [-0.3, -0.25) is 0 Å². The third-order valence-electron chi connectivity index (χ3n) is 1.59. The molecule has 4 heteroatoms. The van der Waals surface area contributed by atoms with Gasteiger partial charge in [0.05, 0.1) is 0 Å². The van der Waals surface area contributed by atoms with Crippen molar-refractivity contribution < 1.29 is 4.74 Å². The van der Waals surface area contributed by atoms with Gasteiger partial charge >= 0.3 is 0 Å². The number of halogens is 3. The Morgan fingerprint density at radius 1 is 1.20 bits per heavy atom. The molecule has 0 spiro atoms. The zero-order chi connectivity index (χ0) is 11.7. The fraction of sp³-hybridized carbons (Fsp3) is 0.455. The molecule has 84 valence electrons. The standard InChI is InChI=1S/C11H13Br2ClO/c1-10(2,3)15-9-6-4-5-8(7-9)11(12,13)14/h4-7H,1-3H3. The van der Waals surface area contributed by atoms with Gasteiger partial charge in [0.25, 0.3) is 0 Å². The highest BCUT2D eigenvalue weighted by Crippen LogP contribution is 2.43. The molecule has 0 saturated heterocycles. The van der Waals surface area contributed by atoms with Crippen LogP contribution in [0.2, 0.25) is 0 Å². The molecular weight excluding hydrogens is 343 g/mol. The van der Waals surface area contributed by atoms with E-state index in [-0.39, 0.29) is 5.60 Å². The number of ether oxygens (including phenoxy) is 1. The van der Waals surface area contributed by atoms with Crippen LogP contribution in [-0.4, -0.2) is 5.60 Å². The van der Waals surface area contributed by atoms with Crippen LogP contribution < -0.4 is 4.74 Å². The van der Waals surface area contributed by atoms with E-state index in [9.17, 15) is 0 Å². The molecular formula is C11H13Br2ClO. The second-order valence-electron chi connectivity index (χ2n) is 4.24. The summed E-state index contributed by atoms with van der Waals surface area (Å²) in [4.78, 5) is 0. The van der Waals surface area contributed by atoms with Gasteiger partial charge in [0.15, 0.2) is 2.69 Å². The van der Waals surface area contributed by atoms with Crippen molar-refractivity contribution in [1.82, 2.24) is 0 Å². The normalized spacial score (nSPS) is 12.7. The molecule has 0 N–H and O–H groups in total. The molecule has 0 aliphatic heterocycles. The van der Waals surface area contributed by atoms with Crippen molar-refractivity contribution in [2.24, 2.45) is 0 Å². The first kappa shape index (κ1) is 13.3. The van der Waals surface area contributed by atoms with Gasteiger partial charge in [-0.1, -0.05) is 23.7 Å². The Labute approximate surface area is 112 Å². The van der Waals surface area contributed by atoms with Crippen LogP contribution in [-0.2, 0) is 2.69 Å². The van der Waals surface area contributed by atoms with E-state index in [0.717, 1.165) is 11.3 Å². The van der Waals surface area contributed by atoms with E-state index in [4.69, 9.17) is 16.3 Å². The van der Waals surface area contributed by atoms with Gasteiger partial charge in [-0.2, -0.15) is 0 Å². The van der Waals surface area contributed by atoms with Crippen LogP contribution in [0.25, 0.3) is 0 Å². The summed E-state index contributed by atoms with van der Waals surface area (Å²) in [6, 6.07) is 7.65. The molecule has 0 aliphatic rings. The molecule has 15 heavy (non-hydrogen) atoms. The van der Waals surface area contributed by atoms with Crippen molar-refractivity contribution in [2.45, 2.75) is 29.1 Å². The molecule has 1 aromatic carbocycles. The molecule has 1 nitrogen and oxygen atoms in total. The SMILES string of the molecule is CC(C)(C)Oc1cccc(C(Cl)(Br)Br)c1. The van der Waals surface area contributed by atoms with E-state index in [1.165, 1.54) is 0 Å². The summed E-state index contributed by atoms with van der Waals surface area (Å²) in [5, 5.41) is 0. The lowest BCUT2D eigenvalue weighted by Gasteiger charge is -2.22. The predicted molar refractivity (Wildman–Crippen MR) is 72.2 cm³/mol. The van der Waals surface area contributed by atoms with Gasteiger partial charge in [-0.25, -0.2) is 0 Å². The molecule has 0 amide bonds. The zero-order valence-electron chi connectivity index (χ0n) is 8.85. The Bertz CT molecular complexity index is 339. The second kappa shape index (κ2) is 4.64. The van der Waals surface area contributed by atoms with Crippen LogP contribution in [0.5, 0.6) is 5.75 Å². The van der Waals surface area contributed by atoms with E-state index in [1.807, 2.05) is 45.0 Å². The van der Waals surface area contributed by atoms with Crippen molar-refractivity contribution in [2.75, 3.05) is 0 Å². The minimum absolute atomic E-state index is 0.202. The highest BCUT2D eigenvalue weighted by Gasteiger charge is 2.22. The largest absolute Gasteiger partial charge is 0.488 e. The lowest BCUT2D eigenvalue weighted by atomic mass is 10.2. The Morgan fingerprint density at radius 2 is 1.80 bits per heavy atom. The molecule has 0 radical (unpaired) electrons. The fourth-order valence-electron chi connectivity index (χ4n) is 1.09. The zero-order valence-corrected chi connectivity index (χ0v) is 12.8. The monoisotopic (exact) mass is 354 g/mol. The Balaban J connectivity index is 2.94. The van der Waals surface area contributed by atoms with Gasteiger partial charge in [-0.15, -0.1) is 0 Å². The number of hydrogen-bond donors (Lipinski definition) is 0. The Morgan fingerprint density at radius 3 is 2.27 bits per heavy atom. The summed E-state index contributed by atoms with van der Waals surface area (Å²) < 4.78 is 5.01. The number of rotatable bonds is 2. The average Bonchev–Trinajstić information content (AvgIpc) is 1.99. The van der Waals surface area contributed by atoms with E-state index >= 15 is 0 Å². The molecule has 0 fully saturated rings. The maximum absolute atomic E-state index is 6.08. The molecule has 0 saturated carbocycles. The first-order valence-electron chi connectivity index (χ1n) is 4.55. The summed E-state index contributed by atoms with van der Waals surface area (Å²) in [5.74, 6) is 0.809. The van der Waals surface area contributed by atoms with Crippen LogP contribution in [0.3, 0.4) is 0 Å². The van der Waals surface area contributed by atoms with E-state index in [1.54, 1.807) is 0 Å². The van der Waals surface area contributed by atoms with Gasteiger partial charge in [-0.05, 0) is 70.3 Å². The summed E-state index contributed by atoms with van der Waals surface area (Å²) >= 11 is 12.7. The van der Waals surface area contributed by atoms with Crippen molar-refractivity contribution in [3.63, 3.8) is 0 Å². The van der Waals surface area contributed by atoms with Crippen LogP contribution in [0.4, 0.5) is 0 Å². The highest BCUT2D eigenvalue weighted by atomic mass is 79.9. The Kier molecular flexibility index (Phi) is 4.13. The quantitative estimate of drug-likeness (QED) is 0.678. The summed E-state index contributed by atoms with van der Waals surface area (Å²) in [5.41, 5.74) is 0.706. The number of hydrogen-bond acceptors (Lipinski definition) is 1. The second-order valence-corrected chi connectivity index (χ2v) is 9.16. The van der Waals surface area contributed by atoms with Crippen molar-refractivity contribution >= 4 is 43.5 Å². The molecule has 0 heterocycles. The van der Waals surface area contributed by atoms with Crippen molar-refractivity contribution in [3.05, 3.63) is 29.8 Å². The first-order chi connectivity index (χ1) is 6.68. The molecule has 0 bridgehead atoms. The smallest absolute Gasteiger partial charge is 0.178 e. The minimum atomic E-state index is -0.725. The lowest BCUT2D eigenvalue weighted by molar-refractivity contribution is 0.131. The van der Waals surface area contributed by atoms with Crippen LogP contribution in [0.15, 0.2) is 24.3 Å². The van der Waals surface area contributed by atoms with Crippen LogP contribution in [0.1, 0.15) is 26.3 Å². The van der Waals surface area contributed by atoms with E-state index in [2.05, 4.69) is 31.9 Å². The molecule has 0 aromatic heterocycles. The van der Waals surface area contributed by atoms with E-state index in [0.29, 0.717) is 0 Å². The predicted octanol–water partition coefficient (Wildman–Crippen LogP) is 5.00. The van der Waals surface area contributed by atoms with E-state index < -0.39 is 2.69 Å². The molecule has 0 unspecified atom stereocenters. The molecule has 1 rings (SSSR count).